The quantitative estimate of drug-likeness (QED) is 0.910. The van der Waals surface area contributed by atoms with E-state index in [9.17, 15) is 4.79 Å². The van der Waals surface area contributed by atoms with Gasteiger partial charge in [0.1, 0.15) is 11.6 Å². The van der Waals surface area contributed by atoms with Gasteiger partial charge in [-0.25, -0.2) is 4.98 Å². The van der Waals surface area contributed by atoms with Crippen LogP contribution in [0.15, 0.2) is 22.6 Å². The molecule has 112 valence electrons. The minimum atomic E-state index is -0.165. The predicted molar refractivity (Wildman–Crippen MR) is 82.4 cm³/mol. The lowest BCUT2D eigenvalue weighted by Gasteiger charge is -2.16. The smallest absolute Gasteiger partial charge is 0.242 e. The number of rotatable bonds is 3. The van der Waals surface area contributed by atoms with Gasteiger partial charge in [-0.1, -0.05) is 13.8 Å². The Labute approximate surface area is 124 Å². The van der Waals surface area contributed by atoms with Crippen molar-refractivity contribution in [3.05, 3.63) is 24.1 Å². The Bertz CT molecular complexity index is 648. The molecule has 1 aliphatic heterocycles. The van der Waals surface area contributed by atoms with Crippen molar-refractivity contribution in [2.45, 2.75) is 45.1 Å². The molecule has 21 heavy (non-hydrogen) atoms. The van der Waals surface area contributed by atoms with E-state index in [0.717, 1.165) is 48.5 Å². The molecule has 2 N–H and O–H groups in total. The van der Waals surface area contributed by atoms with Crippen LogP contribution in [0.25, 0.3) is 11.1 Å². The van der Waals surface area contributed by atoms with E-state index in [1.165, 1.54) is 0 Å². The van der Waals surface area contributed by atoms with Crippen molar-refractivity contribution >= 4 is 22.7 Å². The molecule has 0 aliphatic carbocycles. The molecule has 1 atom stereocenters. The molecular formula is C16H21N3O2. The molecule has 0 saturated carbocycles. The van der Waals surface area contributed by atoms with E-state index in [1.54, 1.807) is 0 Å². The van der Waals surface area contributed by atoms with Crippen molar-refractivity contribution in [3.8, 4) is 0 Å². The molecule has 2 heterocycles. The SMILES string of the molecule is CC(C)c1nc2cc(N[C@@H]3CCCCNC3=O)ccc2o1. The van der Waals surface area contributed by atoms with Gasteiger partial charge in [0.25, 0.3) is 0 Å². The van der Waals surface area contributed by atoms with E-state index in [4.69, 9.17) is 4.42 Å². The standard InChI is InChI=1S/C16H21N3O2/c1-10(2)16-19-13-9-11(6-7-14(13)21-16)18-12-5-3-4-8-17-15(12)20/h6-7,9-10,12,18H,3-5,8H2,1-2H3,(H,17,20)/t12-/m1/s1. The van der Waals surface area contributed by atoms with Crippen LogP contribution in [0.3, 0.4) is 0 Å². The fourth-order valence-corrected chi connectivity index (χ4v) is 2.56. The Hall–Kier alpha value is -2.04. The van der Waals surface area contributed by atoms with Crippen molar-refractivity contribution < 1.29 is 9.21 Å². The maximum absolute atomic E-state index is 12.0. The summed E-state index contributed by atoms with van der Waals surface area (Å²) in [5.41, 5.74) is 2.53. The molecule has 0 unspecified atom stereocenters. The molecule has 1 saturated heterocycles. The second-order valence-corrected chi connectivity index (χ2v) is 5.87. The van der Waals surface area contributed by atoms with Crippen LogP contribution in [0, 0.1) is 0 Å². The molecular weight excluding hydrogens is 266 g/mol. The maximum Gasteiger partial charge on any atom is 0.242 e. The number of oxazole rings is 1. The van der Waals surface area contributed by atoms with Crippen LogP contribution in [0.1, 0.15) is 44.9 Å². The first-order valence-corrected chi connectivity index (χ1v) is 7.58. The molecule has 0 radical (unpaired) electrons. The van der Waals surface area contributed by atoms with Gasteiger partial charge in [-0.2, -0.15) is 0 Å². The average Bonchev–Trinajstić information content (AvgIpc) is 2.78. The first-order chi connectivity index (χ1) is 10.1. The molecule has 2 aromatic rings. The van der Waals surface area contributed by atoms with Gasteiger partial charge in [0, 0.05) is 18.2 Å². The highest BCUT2D eigenvalue weighted by molar-refractivity contribution is 5.86. The molecule has 1 aliphatic rings. The monoisotopic (exact) mass is 287 g/mol. The average molecular weight is 287 g/mol. The zero-order valence-electron chi connectivity index (χ0n) is 12.5. The summed E-state index contributed by atoms with van der Waals surface area (Å²) in [6.07, 6.45) is 2.96. The second-order valence-electron chi connectivity index (χ2n) is 5.87. The van der Waals surface area contributed by atoms with Crippen LogP contribution in [0.5, 0.6) is 0 Å². The van der Waals surface area contributed by atoms with Crippen LogP contribution >= 0.6 is 0 Å². The minimum absolute atomic E-state index is 0.0793. The number of hydrogen-bond donors (Lipinski definition) is 2. The van der Waals surface area contributed by atoms with Gasteiger partial charge in [0.05, 0.1) is 0 Å². The highest BCUT2D eigenvalue weighted by atomic mass is 16.3. The third-order valence-electron chi connectivity index (χ3n) is 3.77. The van der Waals surface area contributed by atoms with Crippen molar-refractivity contribution in [1.82, 2.24) is 10.3 Å². The number of nitrogens with one attached hydrogen (secondary N) is 2. The van der Waals surface area contributed by atoms with E-state index in [-0.39, 0.29) is 17.9 Å². The van der Waals surface area contributed by atoms with Gasteiger partial charge < -0.3 is 15.1 Å². The minimum Gasteiger partial charge on any atom is -0.440 e. The van der Waals surface area contributed by atoms with Crippen LogP contribution in [-0.4, -0.2) is 23.5 Å². The summed E-state index contributed by atoms with van der Waals surface area (Å²) >= 11 is 0. The summed E-state index contributed by atoms with van der Waals surface area (Å²) in [4.78, 5) is 16.5. The molecule has 1 aromatic heterocycles. The van der Waals surface area contributed by atoms with E-state index in [2.05, 4.69) is 29.5 Å². The van der Waals surface area contributed by atoms with E-state index in [1.807, 2.05) is 18.2 Å². The van der Waals surface area contributed by atoms with E-state index < -0.39 is 0 Å². The van der Waals surface area contributed by atoms with Crippen LogP contribution in [0.2, 0.25) is 0 Å². The lowest BCUT2D eigenvalue weighted by Crippen LogP contribution is -2.37. The molecule has 1 aromatic carbocycles. The van der Waals surface area contributed by atoms with Crippen molar-refractivity contribution in [3.63, 3.8) is 0 Å². The number of carbonyl (C=O) groups is 1. The normalized spacial score (nSPS) is 19.6. The summed E-state index contributed by atoms with van der Waals surface area (Å²) in [6.45, 7) is 4.89. The molecule has 5 nitrogen and oxygen atoms in total. The Kier molecular flexibility index (Phi) is 3.82. The number of anilines is 1. The Morgan fingerprint density at radius 2 is 2.24 bits per heavy atom. The number of amides is 1. The number of hydrogen-bond acceptors (Lipinski definition) is 4. The van der Waals surface area contributed by atoms with Crippen molar-refractivity contribution in [2.24, 2.45) is 0 Å². The van der Waals surface area contributed by atoms with Gasteiger partial charge in [0.2, 0.25) is 5.91 Å². The topological polar surface area (TPSA) is 67.2 Å². The largest absolute Gasteiger partial charge is 0.440 e. The number of carbonyl (C=O) groups excluding carboxylic acids is 1. The zero-order valence-corrected chi connectivity index (χ0v) is 12.5. The fourth-order valence-electron chi connectivity index (χ4n) is 2.56. The summed E-state index contributed by atoms with van der Waals surface area (Å²) in [7, 11) is 0. The highest BCUT2D eigenvalue weighted by Gasteiger charge is 2.20. The van der Waals surface area contributed by atoms with Gasteiger partial charge >= 0.3 is 0 Å². The van der Waals surface area contributed by atoms with E-state index >= 15 is 0 Å². The third kappa shape index (κ3) is 3.01. The lowest BCUT2D eigenvalue weighted by molar-refractivity contribution is -0.121. The molecule has 0 spiro atoms. The molecule has 1 amide bonds. The summed E-state index contributed by atoms with van der Waals surface area (Å²) < 4.78 is 5.70. The zero-order chi connectivity index (χ0) is 14.8. The molecule has 5 heteroatoms. The molecule has 1 fully saturated rings. The van der Waals surface area contributed by atoms with Crippen molar-refractivity contribution in [1.29, 1.82) is 0 Å². The first-order valence-electron chi connectivity index (χ1n) is 7.58. The Morgan fingerprint density at radius 1 is 1.38 bits per heavy atom. The molecule has 3 rings (SSSR count). The second kappa shape index (κ2) is 5.76. The first kappa shape index (κ1) is 13.9. The number of benzene rings is 1. The Balaban J connectivity index is 1.81. The van der Waals surface area contributed by atoms with Gasteiger partial charge in [-0.3, -0.25) is 4.79 Å². The fraction of sp³-hybridized carbons (Fsp3) is 0.500. The predicted octanol–water partition coefficient (Wildman–Crippen LogP) is 3.03. The number of nitrogens with zero attached hydrogens (tertiary/aromatic N) is 1. The van der Waals surface area contributed by atoms with Crippen LogP contribution < -0.4 is 10.6 Å². The van der Waals surface area contributed by atoms with Gasteiger partial charge in [-0.05, 0) is 37.5 Å². The summed E-state index contributed by atoms with van der Waals surface area (Å²) in [6, 6.07) is 5.63. The highest BCUT2D eigenvalue weighted by Crippen LogP contribution is 2.24. The summed E-state index contributed by atoms with van der Waals surface area (Å²) in [5.74, 6) is 1.09. The number of aromatic nitrogens is 1. The Morgan fingerprint density at radius 3 is 3.05 bits per heavy atom. The summed E-state index contributed by atoms with van der Waals surface area (Å²) in [5, 5.41) is 6.24. The molecule has 0 bridgehead atoms. The van der Waals surface area contributed by atoms with Gasteiger partial charge in [0.15, 0.2) is 11.5 Å². The number of fused-ring (bicyclic) bond motifs is 1. The van der Waals surface area contributed by atoms with Crippen molar-refractivity contribution in [2.75, 3.05) is 11.9 Å². The van der Waals surface area contributed by atoms with Crippen LogP contribution in [0.4, 0.5) is 5.69 Å². The van der Waals surface area contributed by atoms with Gasteiger partial charge in [-0.15, -0.1) is 0 Å². The third-order valence-corrected chi connectivity index (χ3v) is 3.77. The maximum atomic E-state index is 12.0. The van der Waals surface area contributed by atoms with Crippen LogP contribution in [-0.2, 0) is 4.79 Å². The lowest BCUT2D eigenvalue weighted by atomic mass is 10.1. The van der Waals surface area contributed by atoms with E-state index in [0.29, 0.717) is 0 Å².